The Morgan fingerprint density at radius 3 is 2.82 bits per heavy atom. The van der Waals surface area contributed by atoms with Crippen LogP contribution in [0.3, 0.4) is 0 Å². The van der Waals surface area contributed by atoms with Crippen LogP contribution in [-0.2, 0) is 38.2 Å². The van der Waals surface area contributed by atoms with Gasteiger partial charge in [0.2, 0.25) is 11.8 Å². The van der Waals surface area contributed by atoms with Gasteiger partial charge in [0.25, 0.3) is 0 Å². The van der Waals surface area contributed by atoms with E-state index in [1.165, 1.54) is 0 Å². The van der Waals surface area contributed by atoms with Crippen molar-refractivity contribution < 1.29 is 32.2 Å². The molecule has 1 aliphatic carbocycles. The number of aliphatic imine (C=N–C) groups is 1. The van der Waals surface area contributed by atoms with Crippen molar-refractivity contribution in [2.24, 2.45) is 16.3 Å². The Balaban J connectivity index is 1.41. The first-order chi connectivity index (χ1) is 18.5. The van der Waals surface area contributed by atoms with Gasteiger partial charge in [-0.2, -0.15) is 13.2 Å². The molecule has 5 rings (SSSR count). The van der Waals surface area contributed by atoms with Gasteiger partial charge in [-0.25, -0.2) is 0 Å². The molecule has 3 fully saturated rings. The molecule has 2 amide bonds. The quantitative estimate of drug-likeness (QED) is 0.557. The lowest BCUT2D eigenvalue weighted by molar-refractivity contribution is -0.144. The van der Waals surface area contributed by atoms with E-state index in [2.05, 4.69) is 4.98 Å². The second kappa shape index (κ2) is 10.8. The summed E-state index contributed by atoms with van der Waals surface area (Å²) in [6.45, 7) is 2.52. The zero-order valence-electron chi connectivity index (χ0n) is 22.7. The van der Waals surface area contributed by atoms with E-state index in [9.17, 15) is 22.8 Å². The number of ether oxygens (including phenoxy) is 2. The molecule has 2 unspecified atom stereocenters. The molecule has 0 bridgehead atoms. The fourth-order valence-electron chi connectivity index (χ4n) is 6.51. The van der Waals surface area contributed by atoms with Crippen LogP contribution in [0.2, 0.25) is 0 Å². The number of methoxy groups -OCH3 is 1. The molecule has 0 aromatic carbocycles. The highest BCUT2D eigenvalue weighted by molar-refractivity contribution is 5.98. The largest absolute Gasteiger partial charge is 0.417 e. The number of likely N-dealkylation sites (N-methyl/N-ethyl adjacent to an activating group) is 1. The van der Waals surface area contributed by atoms with Crippen molar-refractivity contribution in [1.82, 2.24) is 19.7 Å². The summed E-state index contributed by atoms with van der Waals surface area (Å²) in [7, 11) is 5.30. The summed E-state index contributed by atoms with van der Waals surface area (Å²) in [5, 5.41) is 0. The van der Waals surface area contributed by atoms with Crippen molar-refractivity contribution in [1.29, 1.82) is 0 Å². The van der Waals surface area contributed by atoms with Gasteiger partial charge < -0.3 is 24.2 Å². The van der Waals surface area contributed by atoms with Gasteiger partial charge in [0.15, 0.2) is 0 Å². The Bertz CT molecular complexity index is 1140. The van der Waals surface area contributed by atoms with E-state index in [1.54, 1.807) is 21.8 Å². The number of pyridine rings is 1. The van der Waals surface area contributed by atoms with E-state index in [0.717, 1.165) is 24.4 Å². The smallest absolute Gasteiger partial charge is 0.379 e. The molecule has 0 spiro atoms. The van der Waals surface area contributed by atoms with Crippen molar-refractivity contribution in [2.75, 3.05) is 60.6 Å². The number of carbonyl (C=O) groups is 2. The zero-order chi connectivity index (χ0) is 27.9. The van der Waals surface area contributed by atoms with Crippen LogP contribution in [0, 0.1) is 11.3 Å². The maximum absolute atomic E-state index is 14.3. The van der Waals surface area contributed by atoms with Crippen LogP contribution in [0.15, 0.2) is 17.3 Å². The summed E-state index contributed by atoms with van der Waals surface area (Å²) in [6.07, 6.45) is -1.63. The van der Waals surface area contributed by atoms with Crippen molar-refractivity contribution in [3.05, 3.63) is 29.1 Å². The second-order valence-electron chi connectivity index (χ2n) is 11.5. The summed E-state index contributed by atoms with van der Waals surface area (Å²) >= 11 is 0. The van der Waals surface area contributed by atoms with Gasteiger partial charge in [-0.3, -0.25) is 19.6 Å². The number of alkyl halides is 3. The predicted octanol–water partition coefficient (Wildman–Crippen LogP) is 2.03. The average molecular weight is 552 g/mol. The lowest BCUT2D eigenvalue weighted by atomic mass is 9.78. The molecule has 4 aliphatic rings. The van der Waals surface area contributed by atoms with Gasteiger partial charge in [-0.1, -0.05) is 0 Å². The number of hydrogen-bond acceptors (Lipinski definition) is 7. The molecule has 214 valence electrons. The Kier molecular flexibility index (Phi) is 7.73. The third kappa shape index (κ3) is 5.55. The highest BCUT2D eigenvalue weighted by Gasteiger charge is 2.59. The third-order valence-electron chi connectivity index (χ3n) is 8.50. The van der Waals surface area contributed by atoms with Gasteiger partial charge in [-0.05, 0) is 44.5 Å². The Labute approximate surface area is 226 Å². The maximum atomic E-state index is 14.3. The molecule has 2 saturated heterocycles. The van der Waals surface area contributed by atoms with Crippen LogP contribution in [-0.4, -0.2) is 110 Å². The van der Waals surface area contributed by atoms with E-state index in [-0.39, 0.29) is 49.5 Å². The van der Waals surface area contributed by atoms with Crippen molar-refractivity contribution in [3.8, 4) is 0 Å². The van der Waals surface area contributed by atoms with Crippen molar-refractivity contribution in [2.45, 2.75) is 50.6 Å². The number of carbonyl (C=O) groups excluding carboxylic acids is 2. The van der Waals surface area contributed by atoms with Crippen LogP contribution in [0.5, 0.6) is 0 Å². The predicted molar refractivity (Wildman–Crippen MR) is 136 cm³/mol. The fourth-order valence-corrected chi connectivity index (χ4v) is 6.51. The molecule has 4 heterocycles. The van der Waals surface area contributed by atoms with Crippen LogP contribution in [0.1, 0.15) is 36.1 Å². The second-order valence-corrected chi connectivity index (χ2v) is 11.5. The summed E-state index contributed by atoms with van der Waals surface area (Å²) in [6, 6.07) is 1.06. The topological polar surface area (TPSA) is 87.6 Å². The highest BCUT2D eigenvalue weighted by Crippen LogP contribution is 2.49. The molecule has 1 aromatic rings. The summed E-state index contributed by atoms with van der Waals surface area (Å²) in [5.74, 6) is -0.250. The lowest BCUT2D eigenvalue weighted by Crippen LogP contribution is -2.49. The highest BCUT2D eigenvalue weighted by atomic mass is 19.4. The van der Waals surface area contributed by atoms with Crippen LogP contribution < -0.4 is 0 Å². The maximum Gasteiger partial charge on any atom is 0.417 e. The van der Waals surface area contributed by atoms with Crippen LogP contribution in [0.4, 0.5) is 13.2 Å². The first-order valence-corrected chi connectivity index (χ1v) is 13.4. The minimum Gasteiger partial charge on any atom is -0.379 e. The number of hydrogen-bond donors (Lipinski definition) is 0. The third-order valence-corrected chi connectivity index (χ3v) is 8.50. The van der Waals surface area contributed by atoms with Crippen molar-refractivity contribution in [3.63, 3.8) is 0 Å². The lowest BCUT2D eigenvalue weighted by Gasteiger charge is -2.37. The van der Waals surface area contributed by atoms with Gasteiger partial charge in [0.1, 0.15) is 6.10 Å². The van der Waals surface area contributed by atoms with E-state index in [4.69, 9.17) is 14.5 Å². The Hall–Kier alpha value is -2.57. The monoisotopic (exact) mass is 551 g/mol. The van der Waals surface area contributed by atoms with Crippen molar-refractivity contribution >= 4 is 17.5 Å². The Morgan fingerprint density at radius 1 is 1.31 bits per heavy atom. The average Bonchev–Trinajstić information content (AvgIpc) is 3.42. The van der Waals surface area contributed by atoms with E-state index < -0.39 is 17.2 Å². The molecule has 12 heteroatoms. The molecular weight excluding hydrogens is 515 g/mol. The first-order valence-electron chi connectivity index (χ1n) is 13.4. The van der Waals surface area contributed by atoms with E-state index in [0.29, 0.717) is 56.8 Å². The number of halogens is 3. The van der Waals surface area contributed by atoms with Gasteiger partial charge in [0.05, 0.1) is 30.2 Å². The molecule has 3 aliphatic heterocycles. The standard InChI is InChI=1S/C27H36F3N5O4/c1-33(2)14-24(36)35-13-19-9-20(32-22-5-7-39-15-23(22)38-3)10-26(19,16-35)25(37)34-6-4-21-17(12-34)8-18(11-31-21)27(28,29)30/h8,11,19,22-23H,4-7,9-10,12-16H2,1-3H3/t19-,22?,23?,26-/m0/s1. The molecule has 1 aromatic heterocycles. The number of amides is 2. The number of aromatic nitrogens is 1. The van der Waals surface area contributed by atoms with Crippen LogP contribution >= 0.6 is 0 Å². The number of fused-ring (bicyclic) bond motifs is 2. The molecule has 9 nitrogen and oxygen atoms in total. The number of nitrogens with zero attached hydrogens (tertiary/aromatic N) is 5. The summed E-state index contributed by atoms with van der Waals surface area (Å²) < 4.78 is 51.1. The SMILES string of the molecule is COC1COCCC1N=C1C[C@H]2CN(C(=O)CN(C)C)C[C@@]2(C(=O)N2CCc3ncc(C(F)(F)F)cc3C2)C1. The molecule has 0 radical (unpaired) electrons. The minimum absolute atomic E-state index is 0.0352. The normalized spacial score (nSPS) is 30.1. The van der Waals surface area contributed by atoms with E-state index >= 15 is 0 Å². The molecular formula is C27H36F3N5O4. The summed E-state index contributed by atoms with van der Waals surface area (Å²) in [4.78, 5) is 41.6. The van der Waals surface area contributed by atoms with Gasteiger partial charge in [0, 0.05) is 70.3 Å². The molecule has 1 saturated carbocycles. The van der Waals surface area contributed by atoms with Gasteiger partial charge >= 0.3 is 6.18 Å². The first kappa shape index (κ1) is 28.0. The molecule has 4 atom stereocenters. The Morgan fingerprint density at radius 2 is 2.10 bits per heavy atom. The minimum atomic E-state index is -4.50. The summed E-state index contributed by atoms with van der Waals surface area (Å²) in [5.41, 5.74) is 0.302. The van der Waals surface area contributed by atoms with Crippen LogP contribution in [0.25, 0.3) is 0 Å². The van der Waals surface area contributed by atoms with E-state index in [1.807, 2.05) is 14.1 Å². The number of rotatable bonds is 5. The fraction of sp³-hybridized carbons (Fsp3) is 0.704. The zero-order valence-corrected chi connectivity index (χ0v) is 22.7. The molecule has 0 N–H and O–H groups in total. The molecule has 39 heavy (non-hydrogen) atoms. The number of likely N-dealkylation sites (tertiary alicyclic amines) is 1. The van der Waals surface area contributed by atoms with Gasteiger partial charge in [-0.15, -0.1) is 0 Å².